The maximum absolute atomic E-state index is 13.1. The molecule has 1 aromatic carbocycles. The van der Waals surface area contributed by atoms with Gasteiger partial charge in [0.2, 0.25) is 0 Å². The number of benzene rings is 1. The van der Waals surface area contributed by atoms with Gasteiger partial charge in [-0.15, -0.1) is 0 Å². The summed E-state index contributed by atoms with van der Waals surface area (Å²) in [7, 11) is 0. The molecule has 2 N–H and O–H groups in total. The van der Waals surface area contributed by atoms with Gasteiger partial charge in [0.15, 0.2) is 0 Å². The van der Waals surface area contributed by atoms with Gasteiger partial charge in [-0.25, -0.2) is 4.39 Å². The molecule has 0 radical (unpaired) electrons. The van der Waals surface area contributed by atoms with E-state index in [4.69, 9.17) is 5.73 Å². The lowest BCUT2D eigenvalue weighted by atomic mass is 10.2. The summed E-state index contributed by atoms with van der Waals surface area (Å²) in [6.45, 7) is 0.675. The first-order valence-electron chi connectivity index (χ1n) is 5.43. The normalized spacial score (nSPS) is 10.6. The maximum Gasteiger partial charge on any atom is 0.125 e. The fourth-order valence-electron chi connectivity index (χ4n) is 1.78. The van der Waals surface area contributed by atoms with Gasteiger partial charge >= 0.3 is 0 Å². The highest BCUT2D eigenvalue weighted by Crippen LogP contribution is 2.15. The Labute approximate surface area is 94.5 Å². The molecule has 2 nitrogen and oxygen atoms in total. The van der Waals surface area contributed by atoms with Gasteiger partial charge in [0, 0.05) is 17.6 Å². The smallest absolute Gasteiger partial charge is 0.125 e. The SMILES string of the molecule is NCCCc1cccn1-c1cccc(F)c1. The second-order valence-corrected chi connectivity index (χ2v) is 3.74. The largest absolute Gasteiger partial charge is 0.330 e. The van der Waals surface area contributed by atoms with Crippen molar-refractivity contribution in [2.75, 3.05) is 6.54 Å². The van der Waals surface area contributed by atoms with E-state index >= 15 is 0 Å². The Morgan fingerprint density at radius 2 is 2.06 bits per heavy atom. The van der Waals surface area contributed by atoms with Gasteiger partial charge in [-0.3, -0.25) is 0 Å². The first-order valence-corrected chi connectivity index (χ1v) is 5.43. The number of halogens is 1. The van der Waals surface area contributed by atoms with Crippen molar-refractivity contribution < 1.29 is 4.39 Å². The third kappa shape index (κ3) is 2.31. The van der Waals surface area contributed by atoms with Crippen LogP contribution in [-0.2, 0) is 6.42 Å². The van der Waals surface area contributed by atoms with Crippen LogP contribution in [-0.4, -0.2) is 11.1 Å². The number of nitrogens with zero attached hydrogens (tertiary/aromatic N) is 1. The maximum atomic E-state index is 13.1. The first kappa shape index (κ1) is 10.9. The highest BCUT2D eigenvalue weighted by Gasteiger charge is 2.03. The number of aromatic nitrogens is 1. The fourth-order valence-corrected chi connectivity index (χ4v) is 1.78. The Hall–Kier alpha value is -1.61. The van der Waals surface area contributed by atoms with Gasteiger partial charge < -0.3 is 10.3 Å². The van der Waals surface area contributed by atoms with Gasteiger partial charge in [0.25, 0.3) is 0 Å². The molecule has 16 heavy (non-hydrogen) atoms. The zero-order valence-electron chi connectivity index (χ0n) is 9.07. The molecule has 0 fully saturated rings. The lowest BCUT2D eigenvalue weighted by molar-refractivity contribution is 0.626. The Kier molecular flexibility index (Phi) is 3.37. The van der Waals surface area contributed by atoms with Crippen LogP contribution in [0.5, 0.6) is 0 Å². The molecule has 0 amide bonds. The molecule has 84 valence electrons. The fraction of sp³-hybridized carbons (Fsp3) is 0.231. The summed E-state index contributed by atoms with van der Waals surface area (Å²) in [5.74, 6) is -0.212. The molecule has 0 unspecified atom stereocenters. The van der Waals surface area contributed by atoms with E-state index in [-0.39, 0.29) is 5.82 Å². The molecule has 0 aliphatic rings. The molecule has 0 saturated carbocycles. The predicted molar refractivity (Wildman–Crippen MR) is 63.1 cm³/mol. The van der Waals surface area contributed by atoms with Gasteiger partial charge in [-0.2, -0.15) is 0 Å². The van der Waals surface area contributed by atoms with E-state index in [2.05, 4.69) is 0 Å². The molecule has 0 atom stereocenters. The number of rotatable bonds is 4. The summed E-state index contributed by atoms with van der Waals surface area (Å²) in [5.41, 5.74) is 7.51. The molecule has 0 aliphatic heterocycles. The summed E-state index contributed by atoms with van der Waals surface area (Å²) in [4.78, 5) is 0. The van der Waals surface area contributed by atoms with Crippen molar-refractivity contribution in [3.05, 3.63) is 54.1 Å². The molecule has 0 aliphatic carbocycles. The Balaban J connectivity index is 2.29. The van der Waals surface area contributed by atoms with E-state index in [9.17, 15) is 4.39 Å². The van der Waals surface area contributed by atoms with Crippen molar-refractivity contribution >= 4 is 0 Å². The van der Waals surface area contributed by atoms with Crippen molar-refractivity contribution in [1.82, 2.24) is 4.57 Å². The van der Waals surface area contributed by atoms with E-state index in [0.29, 0.717) is 6.54 Å². The molecule has 0 saturated heterocycles. The lowest BCUT2D eigenvalue weighted by Gasteiger charge is -2.08. The van der Waals surface area contributed by atoms with Crippen molar-refractivity contribution in [3.63, 3.8) is 0 Å². The van der Waals surface area contributed by atoms with Crippen LogP contribution in [0.3, 0.4) is 0 Å². The number of hydrogen-bond acceptors (Lipinski definition) is 1. The second kappa shape index (κ2) is 4.94. The van der Waals surface area contributed by atoms with E-state index in [1.807, 2.05) is 29.0 Å². The summed E-state index contributed by atoms with van der Waals surface area (Å²) in [6, 6.07) is 10.6. The van der Waals surface area contributed by atoms with Crippen molar-refractivity contribution in [3.8, 4) is 5.69 Å². The highest BCUT2D eigenvalue weighted by atomic mass is 19.1. The molecule has 2 rings (SSSR count). The average molecular weight is 218 g/mol. The highest BCUT2D eigenvalue weighted by molar-refractivity contribution is 5.35. The minimum atomic E-state index is -0.212. The first-order chi connectivity index (χ1) is 7.81. The van der Waals surface area contributed by atoms with Gasteiger partial charge in [-0.1, -0.05) is 6.07 Å². The number of hydrogen-bond donors (Lipinski definition) is 1. The van der Waals surface area contributed by atoms with Gasteiger partial charge in [-0.05, 0) is 49.7 Å². The Bertz CT molecular complexity index is 462. The molecule has 1 aromatic heterocycles. The molecular formula is C13H15FN2. The molecular weight excluding hydrogens is 203 g/mol. The van der Waals surface area contributed by atoms with Crippen LogP contribution >= 0.6 is 0 Å². The quantitative estimate of drug-likeness (QED) is 0.839. The van der Waals surface area contributed by atoms with Crippen molar-refractivity contribution in [1.29, 1.82) is 0 Å². The third-order valence-corrected chi connectivity index (χ3v) is 2.56. The predicted octanol–water partition coefficient (Wildman–Crippen LogP) is 2.51. The van der Waals surface area contributed by atoms with Gasteiger partial charge in [0.05, 0.1) is 0 Å². The van der Waals surface area contributed by atoms with Crippen LogP contribution in [0.25, 0.3) is 5.69 Å². The van der Waals surface area contributed by atoms with Crippen LogP contribution in [0.2, 0.25) is 0 Å². The average Bonchev–Trinajstić information content (AvgIpc) is 2.74. The van der Waals surface area contributed by atoms with Gasteiger partial charge in [0.1, 0.15) is 5.82 Å². The van der Waals surface area contributed by atoms with E-state index in [0.717, 1.165) is 24.2 Å². The molecule has 3 heteroatoms. The molecule has 1 heterocycles. The zero-order chi connectivity index (χ0) is 11.4. The van der Waals surface area contributed by atoms with Crippen LogP contribution in [0.4, 0.5) is 4.39 Å². The summed E-state index contributed by atoms with van der Waals surface area (Å²) in [5, 5.41) is 0. The molecule has 2 aromatic rings. The monoisotopic (exact) mass is 218 g/mol. The lowest BCUT2D eigenvalue weighted by Crippen LogP contribution is -2.04. The zero-order valence-corrected chi connectivity index (χ0v) is 9.07. The van der Waals surface area contributed by atoms with E-state index in [1.165, 1.54) is 12.1 Å². The van der Waals surface area contributed by atoms with Crippen LogP contribution in [0, 0.1) is 5.82 Å². The molecule has 0 bridgehead atoms. The van der Waals surface area contributed by atoms with Crippen molar-refractivity contribution in [2.24, 2.45) is 5.73 Å². The van der Waals surface area contributed by atoms with E-state index < -0.39 is 0 Å². The molecule has 0 spiro atoms. The standard InChI is InChI=1S/C13H15FN2/c14-11-4-1-5-13(10-11)16-9-3-7-12(16)6-2-8-15/h1,3-5,7,9-10H,2,6,8,15H2. The third-order valence-electron chi connectivity index (χ3n) is 2.56. The minimum absolute atomic E-state index is 0.212. The Morgan fingerprint density at radius 1 is 1.19 bits per heavy atom. The van der Waals surface area contributed by atoms with E-state index in [1.54, 1.807) is 6.07 Å². The second-order valence-electron chi connectivity index (χ2n) is 3.74. The number of aryl methyl sites for hydroxylation is 1. The van der Waals surface area contributed by atoms with Crippen LogP contribution in [0.15, 0.2) is 42.6 Å². The topological polar surface area (TPSA) is 30.9 Å². The van der Waals surface area contributed by atoms with Crippen LogP contribution < -0.4 is 5.73 Å². The summed E-state index contributed by atoms with van der Waals surface area (Å²) in [6.07, 6.45) is 3.81. The van der Waals surface area contributed by atoms with Crippen molar-refractivity contribution in [2.45, 2.75) is 12.8 Å². The Morgan fingerprint density at radius 3 is 2.81 bits per heavy atom. The number of nitrogens with two attached hydrogens (primary N) is 1. The minimum Gasteiger partial charge on any atom is -0.330 e. The summed E-state index contributed by atoms with van der Waals surface area (Å²) >= 11 is 0. The summed E-state index contributed by atoms with van der Waals surface area (Å²) < 4.78 is 15.1. The van der Waals surface area contributed by atoms with Crippen LogP contribution in [0.1, 0.15) is 12.1 Å².